The van der Waals surface area contributed by atoms with E-state index in [1.54, 1.807) is 11.9 Å². The maximum atomic E-state index is 11.8. The highest BCUT2D eigenvalue weighted by Crippen LogP contribution is 2.09. The number of hydrogen-bond acceptors (Lipinski definition) is 4. The molecule has 1 rings (SSSR count). The molecule has 0 saturated carbocycles. The Morgan fingerprint density at radius 2 is 1.74 bits per heavy atom. The molecule has 1 fully saturated rings. The third-order valence-electron chi connectivity index (χ3n) is 3.56. The smallest absolute Gasteiger partial charge is 0.223 e. The van der Waals surface area contributed by atoms with Gasteiger partial charge in [0.05, 0.1) is 5.75 Å². The van der Waals surface area contributed by atoms with Crippen molar-refractivity contribution in [1.29, 1.82) is 0 Å². The second kappa shape index (κ2) is 7.85. The van der Waals surface area contributed by atoms with Crippen molar-refractivity contribution in [3.63, 3.8) is 0 Å². The van der Waals surface area contributed by atoms with Gasteiger partial charge in [-0.25, -0.2) is 8.42 Å². The first kappa shape index (κ1) is 16.4. The lowest BCUT2D eigenvalue weighted by molar-refractivity contribution is -0.129. The zero-order valence-corrected chi connectivity index (χ0v) is 12.9. The van der Waals surface area contributed by atoms with Gasteiger partial charge in [-0.3, -0.25) is 4.79 Å². The fraction of sp³-hybridized carbons (Fsp3) is 0.923. The molecule has 6 heteroatoms. The molecule has 1 aliphatic heterocycles. The summed E-state index contributed by atoms with van der Waals surface area (Å²) in [7, 11) is -1.30. The summed E-state index contributed by atoms with van der Waals surface area (Å²) in [5.74, 6) is -0.139. The van der Waals surface area contributed by atoms with Gasteiger partial charge in [-0.05, 0) is 25.9 Å². The van der Waals surface area contributed by atoms with Crippen LogP contribution in [0.4, 0.5) is 0 Å². The van der Waals surface area contributed by atoms with Crippen LogP contribution in [0.15, 0.2) is 0 Å². The summed E-state index contributed by atoms with van der Waals surface area (Å²) in [5.41, 5.74) is 0. The van der Waals surface area contributed by atoms with Gasteiger partial charge >= 0.3 is 0 Å². The van der Waals surface area contributed by atoms with Crippen LogP contribution in [0.3, 0.4) is 0 Å². The van der Waals surface area contributed by atoms with Crippen molar-refractivity contribution in [2.75, 3.05) is 45.2 Å². The van der Waals surface area contributed by atoms with Crippen molar-refractivity contribution in [2.45, 2.75) is 32.1 Å². The standard InChI is InChI=1S/C13H26N2O3S/c1-14(13(16)7-12-19(2,17)18)10-11-15-8-5-3-4-6-9-15/h3-12H2,1-2H3. The fourth-order valence-corrected chi connectivity index (χ4v) is 2.78. The van der Waals surface area contributed by atoms with Crippen LogP contribution < -0.4 is 0 Å². The van der Waals surface area contributed by atoms with Gasteiger partial charge in [-0.2, -0.15) is 0 Å². The summed E-state index contributed by atoms with van der Waals surface area (Å²) in [6.07, 6.45) is 6.35. The molecule has 1 amide bonds. The quantitative estimate of drug-likeness (QED) is 0.724. The third kappa shape index (κ3) is 7.52. The summed E-state index contributed by atoms with van der Waals surface area (Å²) in [4.78, 5) is 15.8. The molecule has 0 aromatic carbocycles. The lowest BCUT2D eigenvalue weighted by atomic mass is 10.2. The molecule has 0 aromatic rings. The van der Waals surface area contributed by atoms with Crippen LogP contribution in [0.5, 0.6) is 0 Å². The molecular weight excluding hydrogens is 264 g/mol. The summed E-state index contributed by atoms with van der Waals surface area (Å²) < 4.78 is 22.0. The minimum absolute atomic E-state index is 0.0557. The number of carbonyl (C=O) groups is 1. The Bertz CT molecular complexity index is 373. The van der Waals surface area contributed by atoms with Crippen LogP contribution >= 0.6 is 0 Å². The van der Waals surface area contributed by atoms with Crippen molar-refractivity contribution in [3.8, 4) is 0 Å². The maximum absolute atomic E-state index is 11.8. The molecule has 0 aliphatic carbocycles. The number of likely N-dealkylation sites (tertiary alicyclic amines) is 1. The first-order chi connectivity index (χ1) is 8.88. The molecule has 0 spiro atoms. The molecule has 19 heavy (non-hydrogen) atoms. The molecule has 0 N–H and O–H groups in total. The monoisotopic (exact) mass is 290 g/mol. The fourth-order valence-electron chi connectivity index (χ4n) is 2.24. The van der Waals surface area contributed by atoms with Gasteiger partial charge in [0.2, 0.25) is 5.91 Å². The van der Waals surface area contributed by atoms with E-state index >= 15 is 0 Å². The van der Waals surface area contributed by atoms with Crippen molar-refractivity contribution in [1.82, 2.24) is 9.80 Å². The highest BCUT2D eigenvalue weighted by atomic mass is 32.2. The van der Waals surface area contributed by atoms with E-state index in [-0.39, 0.29) is 18.1 Å². The highest BCUT2D eigenvalue weighted by molar-refractivity contribution is 7.90. The summed E-state index contributed by atoms with van der Waals surface area (Å²) in [5, 5.41) is 0. The number of likely N-dealkylation sites (N-methyl/N-ethyl adjacent to an activating group) is 1. The molecule has 1 saturated heterocycles. The van der Waals surface area contributed by atoms with E-state index in [1.807, 2.05) is 0 Å². The first-order valence-corrected chi connectivity index (χ1v) is 9.08. The van der Waals surface area contributed by atoms with Gasteiger partial charge in [-0.15, -0.1) is 0 Å². The second-order valence-corrected chi connectivity index (χ2v) is 7.71. The number of rotatable bonds is 6. The molecule has 0 bridgehead atoms. The average Bonchev–Trinajstić information content (AvgIpc) is 2.60. The first-order valence-electron chi connectivity index (χ1n) is 7.02. The SMILES string of the molecule is CN(CCN1CCCCCC1)C(=O)CCS(C)(=O)=O. The Hall–Kier alpha value is -0.620. The highest BCUT2D eigenvalue weighted by Gasteiger charge is 2.14. The Morgan fingerprint density at radius 3 is 2.26 bits per heavy atom. The predicted octanol–water partition coefficient (Wildman–Crippen LogP) is 0.755. The van der Waals surface area contributed by atoms with Gasteiger partial charge in [0.25, 0.3) is 0 Å². The molecule has 0 unspecified atom stereocenters. The van der Waals surface area contributed by atoms with Crippen molar-refractivity contribution < 1.29 is 13.2 Å². The lowest BCUT2D eigenvalue weighted by Gasteiger charge is -2.24. The molecule has 5 nitrogen and oxygen atoms in total. The number of hydrogen-bond donors (Lipinski definition) is 0. The topological polar surface area (TPSA) is 57.7 Å². The van der Waals surface area contributed by atoms with Crippen LogP contribution in [0, 0.1) is 0 Å². The van der Waals surface area contributed by atoms with Gasteiger partial charge in [0, 0.05) is 32.8 Å². The normalized spacial score (nSPS) is 18.0. The molecule has 0 aromatic heterocycles. The van der Waals surface area contributed by atoms with E-state index in [2.05, 4.69) is 4.90 Å². The molecular formula is C13H26N2O3S. The zero-order chi connectivity index (χ0) is 14.3. The number of sulfone groups is 1. The second-order valence-electron chi connectivity index (χ2n) is 5.45. The van der Waals surface area contributed by atoms with Crippen molar-refractivity contribution in [3.05, 3.63) is 0 Å². The summed E-state index contributed by atoms with van der Waals surface area (Å²) >= 11 is 0. The number of carbonyl (C=O) groups excluding carboxylic acids is 1. The Balaban J connectivity index is 2.25. The van der Waals surface area contributed by atoms with Crippen molar-refractivity contribution in [2.24, 2.45) is 0 Å². The van der Waals surface area contributed by atoms with E-state index in [0.717, 1.165) is 25.9 Å². The summed E-state index contributed by atoms with van der Waals surface area (Å²) in [6, 6.07) is 0. The van der Waals surface area contributed by atoms with Gasteiger partial charge < -0.3 is 9.80 Å². The number of amides is 1. The molecule has 112 valence electrons. The van der Waals surface area contributed by atoms with Gasteiger partial charge in [0.15, 0.2) is 0 Å². The van der Waals surface area contributed by atoms with Gasteiger partial charge in [0.1, 0.15) is 9.84 Å². The largest absolute Gasteiger partial charge is 0.344 e. The van der Waals surface area contributed by atoms with Crippen LogP contribution in [0.2, 0.25) is 0 Å². The number of nitrogens with zero attached hydrogens (tertiary/aromatic N) is 2. The van der Waals surface area contributed by atoms with Crippen LogP contribution in [-0.4, -0.2) is 69.4 Å². The molecule has 1 heterocycles. The Kier molecular flexibility index (Phi) is 6.79. The molecule has 1 aliphatic rings. The van der Waals surface area contributed by atoms with Crippen LogP contribution in [0.1, 0.15) is 32.1 Å². The lowest BCUT2D eigenvalue weighted by Crippen LogP contribution is -2.37. The van der Waals surface area contributed by atoms with E-state index in [1.165, 1.54) is 25.7 Å². The molecule has 0 radical (unpaired) electrons. The minimum Gasteiger partial charge on any atom is -0.344 e. The molecule has 0 atom stereocenters. The van der Waals surface area contributed by atoms with E-state index < -0.39 is 9.84 Å². The Morgan fingerprint density at radius 1 is 1.16 bits per heavy atom. The van der Waals surface area contributed by atoms with Crippen LogP contribution in [0.25, 0.3) is 0 Å². The maximum Gasteiger partial charge on any atom is 0.223 e. The van der Waals surface area contributed by atoms with Crippen LogP contribution in [-0.2, 0) is 14.6 Å². The minimum atomic E-state index is -3.05. The summed E-state index contributed by atoms with van der Waals surface area (Å²) in [6.45, 7) is 3.81. The third-order valence-corrected chi connectivity index (χ3v) is 4.51. The van der Waals surface area contributed by atoms with E-state index in [4.69, 9.17) is 0 Å². The van der Waals surface area contributed by atoms with E-state index in [0.29, 0.717) is 6.54 Å². The van der Waals surface area contributed by atoms with Gasteiger partial charge in [-0.1, -0.05) is 12.8 Å². The zero-order valence-electron chi connectivity index (χ0n) is 12.1. The van der Waals surface area contributed by atoms with E-state index in [9.17, 15) is 13.2 Å². The average molecular weight is 290 g/mol. The Labute approximate surface area is 116 Å². The van der Waals surface area contributed by atoms with Crippen molar-refractivity contribution >= 4 is 15.7 Å². The predicted molar refractivity (Wildman–Crippen MR) is 76.9 cm³/mol.